The van der Waals surface area contributed by atoms with Crippen molar-refractivity contribution in [3.05, 3.63) is 94.3 Å². The molecule has 0 aliphatic heterocycles. The number of hydrogen-bond donors (Lipinski definition) is 1. The maximum absolute atomic E-state index is 13.5. The van der Waals surface area contributed by atoms with E-state index in [2.05, 4.69) is 15.4 Å². The normalized spacial score (nSPS) is 11.9. The van der Waals surface area contributed by atoms with Crippen molar-refractivity contribution in [1.82, 2.24) is 14.8 Å². The van der Waals surface area contributed by atoms with Gasteiger partial charge < -0.3 is 14.8 Å². The summed E-state index contributed by atoms with van der Waals surface area (Å²) in [6.07, 6.45) is -4.28. The van der Waals surface area contributed by atoms with Crippen molar-refractivity contribution in [2.45, 2.75) is 32.5 Å². The maximum atomic E-state index is 13.5. The van der Waals surface area contributed by atoms with Crippen molar-refractivity contribution >= 4 is 45.2 Å². The van der Waals surface area contributed by atoms with Gasteiger partial charge in [0, 0.05) is 28.7 Å². The second-order valence-electron chi connectivity index (χ2n) is 10.3. The summed E-state index contributed by atoms with van der Waals surface area (Å²) in [5, 5.41) is 18.1. The Morgan fingerprint density at radius 2 is 1.70 bits per heavy atom. The van der Waals surface area contributed by atoms with Gasteiger partial charge in [0.2, 0.25) is 0 Å². The van der Waals surface area contributed by atoms with Crippen LogP contribution >= 0.6 is 0 Å². The first kappa shape index (κ1) is 29.0. The number of pyridine rings is 1. The lowest BCUT2D eigenvalue weighted by Crippen LogP contribution is -2.28. The molecule has 2 heterocycles. The quantitative estimate of drug-likeness (QED) is 0.165. The van der Waals surface area contributed by atoms with Crippen LogP contribution in [-0.2, 0) is 10.9 Å². The highest BCUT2D eigenvalue weighted by Crippen LogP contribution is 2.35. The number of nitro benzene ring substituents is 1. The minimum Gasteiger partial charge on any atom is -0.457 e. The Kier molecular flexibility index (Phi) is 7.21. The third-order valence-corrected chi connectivity index (χ3v) is 6.04. The number of halogens is 3. The molecule has 0 spiro atoms. The van der Waals surface area contributed by atoms with E-state index in [-0.39, 0.29) is 27.8 Å². The van der Waals surface area contributed by atoms with Crippen LogP contribution < -0.4 is 10.1 Å². The van der Waals surface area contributed by atoms with Gasteiger partial charge in [-0.25, -0.2) is 9.78 Å². The summed E-state index contributed by atoms with van der Waals surface area (Å²) in [5.41, 5.74) is -2.18. The number of para-hydroxylation sites is 1. The Morgan fingerprint density at radius 3 is 2.35 bits per heavy atom. The SMILES string of the molecule is CC(C)(C)OC(=O)n1nc(C(=O)Nc2ccc(Oc3ccnc4c([N+](=O)[O-])cccc34)cc2)c2cc(C(F)(F)F)ccc21. The minimum absolute atomic E-state index is 0.0408. The number of benzene rings is 3. The molecule has 1 amide bonds. The van der Waals surface area contributed by atoms with Gasteiger partial charge in [0.25, 0.3) is 11.6 Å². The topological polar surface area (TPSA) is 138 Å². The molecule has 1 N–H and O–H groups in total. The molecule has 0 saturated carbocycles. The first-order valence-electron chi connectivity index (χ1n) is 12.7. The number of fused-ring (bicyclic) bond motifs is 2. The van der Waals surface area contributed by atoms with Gasteiger partial charge in [-0.05, 0) is 75.4 Å². The first-order chi connectivity index (χ1) is 20.2. The molecule has 43 heavy (non-hydrogen) atoms. The largest absolute Gasteiger partial charge is 0.457 e. The summed E-state index contributed by atoms with van der Waals surface area (Å²) < 4.78 is 52.3. The molecular weight excluding hydrogens is 571 g/mol. The summed E-state index contributed by atoms with van der Waals surface area (Å²) in [4.78, 5) is 40.8. The van der Waals surface area contributed by atoms with Gasteiger partial charge in [0.15, 0.2) is 11.2 Å². The van der Waals surface area contributed by atoms with Crippen molar-refractivity contribution < 1.29 is 37.2 Å². The van der Waals surface area contributed by atoms with E-state index in [9.17, 15) is 32.9 Å². The molecule has 5 aromatic rings. The van der Waals surface area contributed by atoms with E-state index in [0.717, 1.165) is 22.9 Å². The van der Waals surface area contributed by atoms with Gasteiger partial charge in [-0.2, -0.15) is 23.0 Å². The Bertz CT molecular complexity index is 1900. The van der Waals surface area contributed by atoms with Gasteiger partial charge in [-0.1, -0.05) is 6.07 Å². The number of carbonyl (C=O) groups excluding carboxylic acids is 2. The summed E-state index contributed by atoms with van der Waals surface area (Å²) in [7, 11) is 0. The monoisotopic (exact) mass is 593 g/mol. The van der Waals surface area contributed by atoms with Crippen molar-refractivity contribution in [3.63, 3.8) is 0 Å². The Morgan fingerprint density at radius 1 is 0.977 bits per heavy atom. The number of anilines is 1. The van der Waals surface area contributed by atoms with E-state index in [0.29, 0.717) is 16.9 Å². The summed E-state index contributed by atoms with van der Waals surface area (Å²) in [6, 6.07) is 14.6. The number of amides is 1. The third kappa shape index (κ3) is 6.07. The van der Waals surface area contributed by atoms with E-state index < -0.39 is 40.0 Å². The van der Waals surface area contributed by atoms with Gasteiger partial charge in [0.1, 0.15) is 17.1 Å². The molecule has 0 unspecified atom stereocenters. The van der Waals surface area contributed by atoms with Crippen LogP contribution in [0.1, 0.15) is 36.8 Å². The summed E-state index contributed by atoms with van der Waals surface area (Å²) in [6.45, 7) is 4.83. The van der Waals surface area contributed by atoms with Gasteiger partial charge in [-0.15, -0.1) is 0 Å². The molecule has 0 aliphatic carbocycles. The molecule has 5 rings (SSSR count). The maximum Gasteiger partial charge on any atom is 0.435 e. The number of alkyl halides is 3. The fourth-order valence-electron chi connectivity index (χ4n) is 4.20. The van der Waals surface area contributed by atoms with Crippen LogP contribution in [0.5, 0.6) is 11.5 Å². The fourth-order valence-corrected chi connectivity index (χ4v) is 4.20. The zero-order valence-electron chi connectivity index (χ0n) is 22.8. The number of non-ortho nitro benzene ring substituents is 1. The molecule has 2 aromatic heterocycles. The fraction of sp³-hybridized carbons (Fsp3) is 0.172. The average Bonchev–Trinajstić information content (AvgIpc) is 3.32. The molecular formula is C29H22F3N5O6. The minimum atomic E-state index is -4.70. The van der Waals surface area contributed by atoms with Crippen LogP contribution in [0.4, 0.5) is 29.3 Å². The number of carbonyl (C=O) groups is 2. The molecule has 14 heteroatoms. The number of nitro groups is 1. The summed E-state index contributed by atoms with van der Waals surface area (Å²) >= 11 is 0. The van der Waals surface area contributed by atoms with Crippen molar-refractivity contribution in [1.29, 1.82) is 0 Å². The zero-order valence-corrected chi connectivity index (χ0v) is 22.8. The number of ether oxygens (including phenoxy) is 2. The van der Waals surface area contributed by atoms with Gasteiger partial charge in [-0.3, -0.25) is 14.9 Å². The average molecular weight is 594 g/mol. The number of nitrogens with one attached hydrogen (secondary N) is 1. The second-order valence-corrected chi connectivity index (χ2v) is 10.3. The predicted molar refractivity (Wildman–Crippen MR) is 149 cm³/mol. The lowest BCUT2D eigenvalue weighted by Gasteiger charge is -2.19. The molecule has 0 bridgehead atoms. The zero-order chi connectivity index (χ0) is 31.1. The first-order valence-corrected chi connectivity index (χ1v) is 12.7. The molecule has 0 radical (unpaired) electrons. The molecule has 0 aliphatic rings. The van der Waals surface area contributed by atoms with Crippen molar-refractivity contribution in [2.24, 2.45) is 0 Å². The van der Waals surface area contributed by atoms with Crippen molar-refractivity contribution in [3.8, 4) is 11.5 Å². The highest BCUT2D eigenvalue weighted by Gasteiger charge is 2.33. The smallest absolute Gasteiger partial charge is 0.435 e. The molecule has 0 atom stereocenters. The van der Waals surface area contributed by atoms with Crippen LogP contribution in [0.25, 0.3) is 21.8 Å². The van der Waals surface area contributed by atoms with Crippen molar-refractivity contribution in [2.75, 3.05) is 5.32 Å². The van der Waals surface area contributed by atoms with Crippen LogP contribution in [0.15, 0.2) is 72.9 Å². The predicted octanol–water partition coefficient (Wildman–Crippen LogP) is 7.34. The number of rotatable bonds is 5. The van der Waals surface area contributed by atoms with E-state index in [1.165, 1.54) is 42.6 Å². The van der Waals surface area contributed by atoms with Gasteiger partial charge >= 0.3 is 12.3 Å². The Hall–Kier alpha value is -5.53. The standard InChI is InChI=1S/C29H22F3N5O6/c1-28(2,3)43-27(39)36-21-12-7-16(29(30,31)32)15-20(21)25(35-36)26(38)34-17-8-10-18(11-9-17)42-23-13-14-33-24-19(23)5-4-6-22(24)37(40)41/h4-15H,1-3H3,(H,34,38). The highest BCUT2D eigenvalue weighted by atomic mass is 19.4. The Labute approximate surface area is 241 Å². The lowest BCUT2D eigenvalue weighted by atomic mass is 10.1. The van der Waals surface area contributed by atoms with Crippen LogP contribution in [0.3, 0.4) is 0 Å². The molecule has 0 fully saturated rings. The van der Waals surface area contributed by atoms with E-state index >= 15 is 0 Å². The molecule has 0 saturated heterocycles. The van der Waals surface area contributed by atoms with Gasteiger partial charge in [0.05, 0.1) is 16.0 Å². The van der Waals surface area contributed by atoms with Crippen LogP contribution in [0.2, 0.25) is 0 Å². The van der Waals surface area contributed by atoms with E-state index in [4.69, 9.17) is 9.47 Å². The van der Waals surface area contributed by atoms with Crippen LogP contribution in [-0.4, -0.2) is 37.3 Å². The van der Waals surface area contributed by atoms with E-state index in [1.54, 1.807) is 32.9 Å². The summed E-state index contributed by atoms with van der Waals surface area (Å²) in [5.74, 6) is -0.232. The Balaban J connectivity index is 1.42. The number of hydrogen-bond acceptors (Lipinski definition) is 8. The third-order valence-electron chi connectivity index (χ3n) is 6.04. The van der Waals surface area contributed by atoms with E-state index in [1.807, 2.05) is 0 Å². The lowest BCUT2D eigenvalue weighted by molar-refractivity contribution is -0.383. The molecule has 220 valence electrons. The molecule has 3 aromatic carbocycles. The number of nitrogens with zero attached hydrogens (tertiary/aromatic N) is 4. The van der Waals surface area contributed by atoms with Crippen LogP contribution in [0, 0.1) is 10.1 Å². The number of aromatic nitrogens is 3. The molecule has 11 nitrogen and oxygen atoms in total. The second kappa shape index (κ2) is 10.7. The highest BCUT2D eigenvalue weighted by molar-refractivity contribution is 6.12.